The van der Waals surface area contributed by atoms with Crippen LogP contribution in [0.3, 0.4) is 0 Å². The van der Waals surface area contributed by atoms with Crippen LogP contribution in [0.4, 0.5) is 13.2 Å². The number of aliphatic imine (C=N–C) groups is 1. The van der Waals surface area contributed by atoms with Crippen LogP contribution in [0.1, 0.15) is 32.8 Å². The highest BCUT2D eigenvalue weighted by molar-refractivity contribution is 14.0. The van der Waals surface area contributed by atoms with E-state index in [-0.39, 0.29) is 42.2 Å². The first-order valence-corrected chi connectivity index (χ1v) is 8.94. The van der Waals surface area contributed by atoms with Gasteiger partial charge in [0, 0.05) is 38.2 Å². The number of halogens is 4. The van der Waals surface area contributed by atoms with Gasteiger partial charge in [-0.2, -0.15) is 0 Å². The smallest absolute Gasteiger partial charge is 0.405 e. The highest BCUT2D eigenvalue weighted by atomic mass is 127. The number of nitrogens with zero attached hydrogens (tertiary/aromatic N) is 2. The molecule has 1 aromatic rings. The molecule has 10 heteroatoms. The number of benzene rings is 1. The summed E-state index contributed by atoms with van der Waals surface area (Å²) in [6.07, 6.45) is -4.45. The molecule has 6 nitrogen and oxygen atoms in total. The molecular formula is C18H28F3IN4O2. The Bertz CT molecular complexity index is 623. The second-order valence-corrected chi connectivity index (χ2v) is 5.59. The van der Waals surface area contributed by atoms with Crippen LogP contribution in [0.5, 0.6) is 5.75 Å². The van der Waals surface area contributed by atoms with Gasteiger partial charge in [-0.1, -0.05) is 18.2 Å². The Morgan fingerprint density at radius 1 is 1.14 bits per heavy atom. The van der Waals surface area contributed by atoms with E-state index in [4.69, 9.17) is 0 Å². The average Bonchev–Trinajstić information content (AvgIpc) is 2.60. The van der Waals surface area contributed by atoms with E-state index in [0.29, 0.717) is 44.1 Å². The number of rotatable bonds is 9. The lowest BCUT2D eigenvalue weighted by Crippen LogP contribution is -2.40. The van der Waals surface area contributed by atoms with E-state index in [9.17, 15) is 18.0 Å². The molecule has 0 aromatic heterocycles. The lowest BCUT2D eigenvalue weighted by atomic mass is 10.2. The molecule has 0 spiro atoms. The first-order valence-electron chi connectivity index (χ1n) is 8.94. The fourth-order valence-corrected chi connectivity index (χ4v) is 2.39. The van der Waals surface area contributed by atoms with Crippen molar-refractivity contribution in [2.75, 3.05) is 26.2 Å². The van der Waals surface area contributed by atoms with Crippen molar-refractivity contribution < 1.29 is 22.7 Å². The summed E-state index contributed by atoms with van der Waals surface area (Å²) in [5, 5.41) is 6.02. The predicted octanol–water partition coefficient (Wildman–Crippen LogP) is 3.52. The van der Waals surface area contributed by atoms with Gasteiger partial charge >= 0.3 is 6.36 Å². The SMILES string of the molecule is CCNC(=NCc1ccccc1OC(F)(F)F)NCCC(=O)N(CC)CC.I. The number of para-hydroxylation sites is 1. The normalized spacial score (nSPS) is 11.4. The van der Waals surface area contributed by atoms with Gasteiger partial charge in [0.25, 0.3) is 0 Å². The summed E-state index contributed by atoms with van der Waals surface area (Å²) in [4.78, 5) is 18.0. The van der Waals surface area contributed by atoms with Crippen molar-refractivity contribution in [1.82, 2.24) is 15.5 Å². The number of amides is 1. The van der Waals surface area contributed by atoms with E-state index < -0.39 is 6.36 Å². The van der Waals surface area contributed by atoms with Crippen molar-refractivity contribution >= 4 is 35.8 Å². The van der Waals surface area contributed by atoms with Gasteiger partial charge in [0.05, 0.1) is 6.54 Å². The maximum atomic E-state index is 12.5. The standard InChI is InChI=1S/C18H27F3N4O2.HI/c1-4-22-17(23-12-11-16(26)25(5-2)6-3)24-13-14-9-7-8-10-15(14)27-18(19,20)21;/h7-10H,4-6,11-13H2,1-3H3,(H2,22,23,24);1H. The molecule has 0 aliphatic carbocycles. The summed E-state index contributed by atoms with van der Waals surface area (Å²) < 4.78 is 41.5. The molecule has 2 N–H and O–H groups in total. The quantitative estimate of drug-likeness (QED) is 0.300. The Hall–Kier alpha value is -1.72. The summed E-state index contributed by atoms with van der Waals surface area (Å²) in [7, 11) is 0. The number of hydrogen-bond donors (Lipinski definition) is 2. The van der Waals surface area contributed by atoms with Crippen molar-refractivity contribution in [3.8, 4) is 5.75 Å². The van der Waals surface area contributed by atoms with E-state index in [1.165, 1.54) is 18.2 Å². The van der Waals surface area contributed by atoms with Crippen molar-refractivity contribution in [2.45, 2.75) is 40.1 Å². The lowest BCUT2D eigenvalue weighted by Gasteiger charge is -2.19. The molecule has 0 heterocycles. The van der Waals surface area contributed by atoms with Crippen LogP contribution in [-0.2, 0) is 11.3 Å². The molecule has 0 radical (unpaired) electrons. The van der Waals surface area contributed by atoms with Gasteiger partial charge in [-0.25, -0.2) is 4.99 Å². The van der Waals surface area contributed by atoms with Crippen LogP contribution in [0.15, 0.2) is 29.3 Å². The first kappa shape index (κ1) is 26.3. The second-order valence-electron chi connectivity index (χ2n) is 5.59. The molecule has 1 aromatic carbocycles. The van der Waals surface area contributed by atoms with E-state index in [2.05, 4.69) is 20.4 Å². The summed E-state index contributed by atoms with van der Waals surface area (Å²) in [6.45, 7) is 7.98. The maximum Gasteiger partial charge on any atom is 0.573 e. The van der Waals surface area contributed by atoms with Crippen LogP contribution in [0.2, 0.25) is 0 Å². The van der Waals surface area contributed by atoms with Crippen LogP contribution < -0.4 is 15.4 Å². The van der Waals surface area contributed by atoms with Crippen molar-refractivity contribution in [3.63, 3.8) is 0 Å². The number of hydrogen-bond acceptors (Lipinski definition) is 3. The van der Waals surface area contributed by atoms with E-state index in [1.54, 1.807) is 11.0 Å². The molecule has 0 aliphatic heterocycles. The molecule has 1 rings (SSSR count). The third-order valence-corrected chi connectivity index (χ3v) is 3.70. The Morgan fingerprint density at radius 2 is 1.79 bits per heavy atom. The zero-order valence-electron chi connectivity index (χ0n) is 16.3. The van der Waals surface area contributed by atoms with Crippen molar-refractivity contribution in [1.29, 1.82) is 0 Å². The fourth-order valence-electron chi connectivity index (χ4n) is 2.39. The highest BCUT2D eigenvalue weighted by Gasteiger charge is 2.31. The minimum absolute atomic E-state index is 0. The van der Waals surface area contributed by atoms with E-state index in [1.807, 2.05) is 20.8 Å². The minimum Gasteiger partial charge on any atom is -0.405 e. The Labute approximate surface area is 180 Å². The lowest BCUT2D eigenvalue weighted by molar-refractivity contribution is -0.274. The summed E-state index contributed by atoms with van der Waals surface area (Å²) in [6, 6.07) is 5.87. The summed E-state index contributed by atoms with van der Waals surface area (Å²) >= 11 is 0. The highest BCUT2D eigenvalue weighted by Crippen LogP contribution is 2.26. The average molecular weight is 516 g/mol. The van der Waals surface area contributed by atoms with Gasteiger partial charge in [0.1, 0.15) is 5.75 Å². The number of nitrogens with one attached hydrogen (secondary N) is 2. The molecule has 160 valence electrons. The molecule has 0 saturated carbocycles. The molecule has 28 heavy (non-hydrogen) atoms. The zero-order valence-corrected chi connectivity index (χ0v) is 18.6. The molecule has 0 unspecified atom stereocenters. The summed E-state index contributed by atoms with van der Waals surface area (Å²) in [5.41, 5.74) is 0.311. The topological polar surface area (TPSA) is 66.0 Å². The van der Waals surface area contributed by atoms with Crippen LogP contribution >= 0.6 is 24.0 Å². The molecule has 0 fully saturated rings. The second kappa shape index (κ2) is 13.5. The number of ether oxygens (including phenoxy) is 1. The Kier molecular flexibility index (Phi) is 12.6. The van der Waals surface area contributed by atoms with Gasteiger partial charge in [0.2, 0.25) is 5.91 Å². The number of alkyl halides is 3. The van der Waals surface area contributed by atoms with Crippen LogP contribution in [0, 0.1) is 0 Å². The van der Waals surface area contributed by atoms with E-state index >= 15 is 0 Å². The third-order valence-electron chi connectivity index (χ3n) is 3.70. The third kappa shape index (κ3) is 10.00. The van der Waals surface area contributed by atoms with Crippen LogP contribution in [0.25, 0.3) is 0 Å². The zero-order chi connectivity index (χ0) is 20.3. The Balaban J connectivity index is 0.00000729. The molecule has 0 aliphatic rings. The fraction of sp³-hybridized carbons (Fsp3) is 0.556. The van der Waals surface area contributed by atoms with Crippen molar-refractivity contribution in [2.24, 2.45) is 4.99 Å². The number of guanidine groups is 1. The molecule has 0 bridgehead atoms. The Morgan fingerprint density at radius 3 is 2.36 bits per heavy atom. The molecule has 1 amide bonds. The molecule has 0 atom stereocenters. The monoisotopic (exact) mass is 516 g/mol. The van der Waals surface area contributed by atoms with Gasteiger partial charge in [0.15, 0.2) is 5.96 Å². The van der Waals surface area contributed by atoms with Crippen LogP contribution in [-0.4, -0.2) is 49.3 Å². The maximum absolute atomic E-state index is 12.5. The molecule has 0 saturated heterocycles. The largest absolute Gasteiger partial charge is 0.573 e. The minimum atomic E-state index is -4.76. The van der Waals surface area contributed by atoms with Gasteiger partial charge in [-0.3, -0.25) is 4.79 Å². The first-order chi connectivity index (χ1) is 12.8. The number of carbonyl (C=O) groups is 1. The predicted molar refractivity (Wildman–Crippen MR) is 114 cm³/mol. The summed E-state index contributed by atoms with van der Waals surface area (Å²) in [5.74, 6) is 0.181. The van der Waals surface area contributed by atoms with Gasteiger partial charge in [-0.15, -0.1) is 37.1 Å². The molecular weight excluding hydrogens is 488 g/mol. The van der Waals surface area contributed by atoms with Crippen molar-refractivity contribution in [3.05, 3.63) is 29.8 Å². The van der Waals surface area contributed by atoms with Gasteiger partial charge < -0.3 is 20.3 Å². The van der Waals surface area contributed by atoms with E-state index in [0.717, 1.165) is 0 Å². The van der Waals surface area contributed by atoms with Gasteiger partial charge in [-0.05, 0) is 26.8 Å². The number of carbonyl (C=O) groups excluding carboxylic acids is 1.